The lowest BCUT2D eigenvalue weighted by atomic mass is 9.98. The highest BCUT2D eigenvalue weighted by molar-refractivity contribution is 6.30. The molecule has 0 unspecified atom stereocenters. The van der Waals surface area contributed by atoms with E-state index in [0.717, 1.165) is 41.1 Å². The molecular weight excluding hydrogens is 458 g/mol. The number of urea groups is 1. The third-order valence-corrected chi connectivity index (χ3v) is 7.02. The van der Waals surface area contributed by atoms with Gasteiger partial charge in [0.1, 0.15) is 12.1 Å². The van der Waals surface area contributed by atoms with Crippen LogP contribution in [0.4, 0.5) is 4.79 Å². The Labute approximate surface area is 203 Å². The number of ether oxygens (including phenoxy) is 1. The molecule has 1 aliphatic heterocycles. The van der Waals surface area contributed by atoms with E-state index < -0.39 is 30.7 Å². The summed E-state index contributed by atoms with van der Waals surface area (Å²) in [7, 11) is 0. The van der Waals surface area contributed by atoms with Gasteiger partial charge in [-0.15, -0.1) is 0 Å². The number of Topliss-reactive ketones (excluding diaryl/α,β-unsaturated/α-hetero) is 1. The maximum Gasteiger partial charge on any atom is 0.326 e. The van der Waals surface area contributed by atoms with Crippen LogP contribution in [0.3, 0.4) is 0 Å². The summed E-state index contributed by atoms with van der Waals surface area (Å²) in [5.41, 5.74) is 2.48. The first kappa shape index (κ1) is 24.0. The maximum absolute atomic E-state index is 12.8. The molecule has 1 aliphatic carbocycles. The molecule has 8 nitrogen and oxygen atoms in total. The van der Waals surface area contributed by atoms with Crippen LogP contribution in [0.5, 0.6) is 0 Å². The SMILES string of the molecule is Cc1cc(C(=O)COC(=O)CN2C(=O)NC3(CCCC3)C2=O)c(C)n1CCc1ccc(Cl)cc1. The van der Waals surface area contributed by atoms with E-state index in [2.05, 4.69) is 9.88 Å². The number of imide groups is 1. The average molecular weight is 486 g/mol. The third kappa shape index (κ3) is 4.73. The molecule has 1 N–H and O–H groups in total. The molecule has 34 heavy (non-hydrogen) atoms. The number of esters is 1. The van der Waals surface area contributed by atoms with Gasteiger partial charge in [-0.2, -0.15) is 0 Å². The van der Waals surface area contributed by atoms with Crippen LogP contribution in [0.1, 0.15) is 53.0 Å². The second kappa shape index (κ2) is 9.62. The van der Waals surface area contributed by atoms with Gasteiger partial charge in [-0.05, 0) is 56.9 Å². The minimum absolute atomic E-state index is 0.330. The third-order valence-electron chi connectivity index (χ3n) is 6.77. The smallest absolute Gasteiger partial charge is 0.326 e. The number of hydrogen-bond acceptors (Lipinski definition) is 5. The Morgan fingerprint density at radius 1 is 1.12 bits per heavy atom. The van der Waals surface area contributed by atoms with Crippen molar-refractivity contribution in [2.75, 3.05) is 13.2 Å². The molecule has 0 atom stereocenters. The van der Waals surface area contributed by atoms with Crippen molar-refractivity contribution in [3.8, 4) is 0 Å². The summed E-state index contributed by atoms with van der Waals surface area (Å²) in [6, 6.07) is 8.85. The average Bonchev–Trinajstić information content (AvgIpc) is 3.45. The van der Waals surface area contributed by atoms with Crippen molar-refractivity contribution in [3.63, 3.8) is 0 Å². The lowest BCUT2D eigenvalue weighted by Crippen LogP contribution is -2.44. The van der Waals surface area contributed by atoms with E-state index in [1.165, 1.54) is 0 Å². The molecule has 1 saturated carbocycles. The van der Waals surface area contributed by atoms with Crippen molar-refractivity contribution in [2.45, 2.75) is 58.0 Å². The molecule has 4 rings (SSSR count). The number of nitrogens with zero attached hydrogens (tertiary/aromatic N) is 2. The first-order chi connectivity index (χ1) is 16.2. The Hall–Kier alpha value is -3.13. The Kier molecular flexibility index (Phi) is 6.79. The summed E-state index contributed by atoms with van der Waals surface area (Å²) in [6.07, 6.45) is 3.65. The van der Waals surface area contributed by atoms with Crippen molar-refractivity contribution < 1.29 is 23.9 Å². The number of hydrogen-bond donors (Lipinski definition) is 1. The molecular formula is C25H28ClN3O5. The molecule has 1 aromatic carbocycles. The number of amides is 3. The topological polar surface area (TPSA) is 97.7 Å². The number of carbonyl (C=O) groups is 4. The monoisotopic (exact) mass is 485 g/mol. The van der Waals surface area contributed by atoms with Crippen LogP contribution in [0.15, 0.2) is 30.3 Å². The fraction of sp³-hybridized carbons (Fsp3) is 0.440. The minimum atomic E-state index is -0.878. The molecule has 2 aliphatic rings. The molecule has 3 amide bonds. The van der Waals surface area contributed by atoms with E-state index in [9.17, 15) is 19.2 Å². The summed E-state index contributed by atoms with van der Waals surface area (Å²) in [4.78, 5) is 50.8. The molecule has 1 saturated heterocycles. The second-order valence-corrected chi connectivity index (χ2v) is 9.44. The van der Waals surface area contributed by atoms with Crippen LogP contribution >= 0.6 is 11.6 Å². The fourth-order valence-corrected chi connectivity index (χ4v) is 4.98. The van der Waals surface area contributed by atoms with Gasteiger partial charge in [-0.3, -0.25) is 19.3 Å². The quantitative estimate of drug-likeness (QED) is 0.350. The minimum Gasteiger partial charge on any atom is -0.456 e. The van der Waals surface area contributed by atoms with Crippen molar-refractivity contribution in [3.05, 3.63) is 57.9 Å². The van der Waals surface area contributed by atoms with Gasteiger partial charge in [0, 0.05) is 28.5 Å². The van der Waals surface area contributed by atoms with Crippen molar-refractivity contribution >= 4 is 35.3 Å². The molecule has 0 radical (unpaired) electrons. The number of benzene rings is 1. The largest absolute Gasteiger partial charge is 0.456 e. The van der Waals surface area contributed by atoms with Crippen LogP contribution in [0, 0.1) is 13.8 Å². The summed E-state index contributed by atoms with van der Waals surface area (Å²) >= 11 is 5.94. The van der Waals surface area contributed by atoms with Gasteiger partial charge in [0.25, 0.3) is 5.91 Å². The molecule has 0 bridgehead atoms. The van der Waals surface area contributed by atoms with E-state index in [0.29, 0.717) is 30.0 Å². The molecule has 2 fully saturated rings. The zero-order valence-corrected chi connectivity index (χ0v) is 20.1. The lowest BCUT2D eigenvalue weighted by Gasteiger charge is -2.19. The summed E-state index contributed by atoms with van der Waals surface area (Å²) in [5.74, 6) is -1.50. The number of aromatic nitrogens is 1. The molecule has 1 spiro atoms. The van der Waals surface area contributed by atoms with Gasteiger partial charge in [0.15, 0.2) is 6.61 Å². The van der Waals surface area contributed by atoms with Gasteiger partial charge in [0.05, 0.1) is 0 Å². The number of aryl methyl sites for hydroxylation is 2. The zero-order valence-electron chi connectivity index (χ0n) is 19.4. The molecule has 1 aromatic heterocycles. The maximum atomic E-state index is 12.8. The standard InChI is InChI=1S/C25H28ClN3O5/c1-16-13-20(17(2)28(16)12-9-18-5-7-19(26)8-6-18)21(30)15-34-22(31)14-29-23(32)25(27-24(29)33)10-3-4-11-25/h5-8,13H,3-4,9-12,14-15H2,1-2H3,(H,27,33). The normalized spacial score (nSPS) is 16.9. The molecule has 180 valence electrons. The summed E-state index contributed by atoms with van der Waals surface area (Å²) < 4.78 is 7.18. The summed E-state index contributed by atoms with van der Waals surface area (Å²) in [5, 5.41) is 3.41. The van der Waals surface area contributed by atoms with E-state index >= 15 is 0 Å². The van der Waals surface area contributed by atoms with Gasteiger partial charge >= 0.3 is 12.0 Å². The Balaban J connectivity index is 1.32. The van der Waals surface area contributed by atoms with E-state index in [4.69, 9.17) is 16.3 Å². The van der Waals surface area contributed by atoms with Crippen LogP contribution in [0.25, 0.3) is 0 Å². The number of carbonyl (C=O) groups excluding carboxylic acids is 4. The second-order valence-electron chi connectivity index (χ2n) is 9.01. The van der Waals surface area contributed by atoms with Gasteiger partial charge in [0.2, 0.25) is 5.78 Å². The summed E-state index contributed by atoms with van der Waals surface area (Å²) in [6.45, 7) is 3.53. The Morgan fingerprint density at radius 2 is 1.79 bits per heavy atom. The van der Waals surface area contributed by atoms with Crippen LogP contribution < -0.4 is 5.32 Å². The van der Waals surface area contributed by atoms with E-state index in [-0.39, 0.29) is 11.7 Å². The fourth-order valence-electron chi connectivity index (χ4n) is 4.86. The van der Waals surface area contributed by atoms with Crippen LogP contribution in [-0.4, -0.2) is 51.8 Å². The van der Waals surface area contributed by atoms with Gasteiger partial charge < -0.3 is 14.6 Å². The predicted molar refractivity (Wildman–Crippen MR) is 126 cm³/mol. The van der Waals surface area contributed by atoms with Crippen LogP contribution in [-0.2, 0) is 27.3 Å². The van der Waals surface area contributed by atoms with Gasteiger partial charge in [-0.25, -0.2) is 4.79 Å². The van der Waals surface area contributed by atoms with Crippen molar-refractivity contribution in [1.29, 1.82) is 0 Å². The van der Waals surface area contributed by atoms with Gasteiger partial charge in [-0.1, -0.05) is 36.6 Å². The Morgan fingerprint density at radius 3 is 2.47 bits per heavy atom. The van der Waals surface area contributed by atoms with Crippen molar-refractivity contribution in [2.24, 2.45) is 0 Å². The highest BCUT2D eigenvalue weighted by atomic mass is 35.5. The molecule has 2 heterocycles. The molecule has 2 aromatic rings. The van der Waals surface area contributed by atoms with Crippen LogP contribution in [0.2, 0.25) is 5.02 Å². The number of ketones is 1. The van der Waals surface area contributed by atoms with Crippen molar-refractivity contribution in [1.82, 2.24) is 14.8 Å². The van der Waals surface area contributed by atoms with E-state index in [1.54, 1.807) is 6.07 Å². The predicted octanol–water partition coefficient (Wildman–Crippen LogP) is 3.59. The number of halogens is 1. The number of nitrogens with one attached hydrogen (secondary N) is 1. The molecule has 9 heteroatoms. The first-order valence-corrected chi connectivity index (χ1v) is 11.8. The highest BCUT2D eigenvalue weighted by Crippen LogP contribution is 2.34. The first-order valence-electron chi connectivity index (χ1n) is 11.4. The van der Waals surface area contributed by atoms with E-state index in [1.807, 2.05) is 38.1 Å². The zero-order chi connectivity index (χ0) is 24.5. The number of rotatable bonds is 8. The Bertz CT molecular complexity index is 1130. The highest BCUT2D eigenvalue weighted by Gasteiger charge is 2.52. The lowest BCUT2D eigenvalue weighted by molar-refractivity contribution is -0.146.